The summed E-state index contributed by atoms with van der Waals surface area (Å²) in [6, 6.07) is 14.1. The number of rotatable bonds is 2. The fraction of sp³-hybridized carbons (Fsp3) is 0.0588. The van der Waals surface area contributed by atoms with Gasteiger partial charge in [-0.15, -0.1) is 0 Å². The molecule has 3 aromatic rings. The topological polar surface area (TPSA) is 67.2 Å². The third-order valence-corrected chi connectivity index (χ3v) is 6.23. The van der Waals surface area contributed by atoms with Crippen molar-refractivity contribution in [2.75, 3.05) is 7.11 Å². The summed E-state index contributed by atoms with van der Waals surface area (Å²) in [5.74, 6) is 0.740. The molecule has 0 aliphatic heterocycles. The summed E-state index contributed by atoms with van der Waals surface area (Å²) in [6.07, 6.45) is 0. The zero-order valence-corrected chi connectivity index (χ0v) is 13.9. The van der Waals surface area contributed by atoms with Crippen LogP contribution in [0.4, 0.5) is 0 Å². The highest BCUT2D eigenvalue weighted by Gasteiger charge is 2.07. The van der Waals surface area contributed by atoms with Crippen molar-refractivity contribution in [1.29, 1.82) is 5.41 Å². The van der Waals surface area contributed by atoms with E-state index in [4.69, 9.17) is 10.1 Å². The predicted molar refractivity (Wildman–Crippen MR) is 93.7 cm³/mol. The van der Waals surface area contributed by atoms with Crippen molar-refractivity contribution in [3.63, 3.8) is 0 Å². The standard InChI is InChI=1S/C17H12INO3/c1-22-11-8-6-10(7-9-11)18-14-15(19)17(21)13-5-3-2-4-12(13)16(14)20/h2-9,19H,1H3. The SMILES string of the molecule is COc1ccc(I=c2c(=N)c(=O)c3ccccc3c2=O)cc1. The maximum Gasteiger partial charge on any atom is 0.212 e. The van der Waals surface area contributed by atoms with E-state index < -0.39 is 20.7 Å². The van der Waals surface area contributed by atoms with Crippen molar-refractivity contribution in [2.24, 2.45) is 0 Å². The molecule has 0 atom stereocenters. The summed E-state index contributed by atoms with van der Waals surface area (Å²) in [7, 11) is 1.59. The number of halogens is 1. The normalized spacial score (nSPS) is 12.1. The molecule has 0 bridgehead atoms. The maximum atomic E-state index is 12.6. The van der Waals surface area contributed by atoms with Crippen LogP contribution in [0.1, 0.15) is 0 Å². The first-order valence-electron chi connectivity index (χ1n) is 6.55. The Balaban J connectivity index is 2.35. The first kappa shape index (κ1) is 14.8. The molecule has 0 fully saturated rings. The highest BCUT2D eigenvalue weighted by atomic mass is 127. The van der Waals surface area contributed by atoms with Crippen molar-refractivity contribution in [1.82, 2.24) is 0 Å². The van der Waals surface area contributed by atoms with Crippen molar-refractivity contribution in [2.45, 2.75) is 0 Å². The average Bonchev–Trinajstić information content (AvgIpc) is 2.57. The van der Waals surface area contributed by atoms with E-state index in [1.165, 1.54) is 0 Å². The molecular formula is C17H12INO3. The van der Waals surface area contributed by atoms with Gasteiger partial charge in [0.25, 0.3) is 0 Å². The molecule has 0 unspecified atom stereocenters. The molecule has 5 heteroatoms. The highest BCUT2D eigenvalue weighted by Crippen LogP contribution is 2.18. The van der Waals surface area contributed by atoms with Crippen molar-refractivity contribution >= 4 is 31.5 Å². The van der Waals surface area contributed by atoms with Gasteiger partial charge >= 0.3 is 0 Å². The lowest BCUT2D eigenvalue weighted by Crippen LogP contribution is -2.30. The molecule has 0 saturated carbocycles. The zero-order valence-electron chi connectivity index (χ0n) is 11.7. The number of nitrogens with one attached hydrogen (secondary N) is 1. The van der Waals surface area contributed by atoms with E-state index in [-0.39, 0.29) is 16.2 Å². The van der Waals surface area contributed by atoms with Crippen molar-refractivity contribution < 1.29 is 4.74 Å². The minimum absolute atomic E-state index is 0.160. The molecule has 0 amide bonds. The molecule has 0 saturated heterocycles. The minimum atomic E-state index is -0.880. The third-order valence-electron chi connectivity index (χ3n) is 3.32. The maximum absolute atomic E-state index is 12.6. The van der Waals surface area contributed by atoms with Crippen LogP contribution in [-0.4, -0.2) is 7.11 Å². The molecule has 1 N–H and O–H groups in total. The first-order valence-corrected chi connectivity index (χ1v) is 8.70. The Hall–Kier alpha value is -2.15. The number of benzene rings is 3. The van der Waals surface area contributed by atoms with Crippen molar-refractivity contribution in [3.8, 4) is 5.75 Å². The van der Waals surface area contributed by atoms with Crippen molar-refractivity contribution in [3.05, 3.63) is 81.1 Å². The fourth-order valence-electron chi connectivity index (χ4n) is 2.18. The van der Waals surface area contributed by atoms with Crippen LogP contribution >= 0.6 is 20.7 Å². The van der Waals surface area contributed by atoms with Crippen LogP contribution in [-0.2, 0) is 0 Å². The van der Waals surface area contributed by atoms with E-state index in [1.54, 1.807) is 31.4 Å². The Morgan fingerprint density at radius 2 is 1.50 bits per heavy atom. The van der Waals surface area contributed by atoms with E-state index in [2.05, 4.69) is 0 Å². The molecule has 3 aromatic carbocycles. The van der Waals surface area contributed by atoms with Gasteiger partial charge in [0.2, 0.25) is 10.9 Å². The quantitative estimate of drug-likeness (QED) is 0.666. The molecule has 0 aliphatic rings. The van der Waals surface area contributed by atoms with Gasteiger partial charge in [0, 0.05) is 14.3 Å². The second kappa shape index (κ2) is 5.92. The van der Waals surface area contributed by atoms with E-state index >= 15 is 0 Å². The number of fused-ring (bicyclic) bond motifs is 1. The molecule has 0 radical (unpaired) electrons. The van der Waals surface area contributed by atoms with Gasteiger partial charge in [-0.25, -0.2) is 0 Å². The average molecular weight is 405 g/mol. The molecular weight excluding hydrogens is 393 g/mol. The minimum Gasteiger partial charge on any atom is -0.497 e. The molecule has 4 nitrogen and oxygen atoms in total. The molecule has 22 heavy (non-hydrogen) atoms. The van der Waals surface area contributed by atoms with E-state index in [0.717, 1.165) is 9.32 Å². The first-order chi connectivity index (χ1) is 10.6. The summed E-state index contributed by atoms with van der Waals surface area (Å²) in [6.45, 7) is 0. The van der Waals surface area contributed by atoms with Gasteiger partial charge in [0.05, 0.1) is 10.3 Å². The smallest absolute Gasteiger partial charge is 0.212 e. The van der Waals surface area contributed by atoms with E-state index in [1.807, 2.05) is 24.3 Å². The molecule has 0 spiro atoms. The Labute approximate surface area is 135 Å². The fourth-order valence-corrected chi connectivity index (χ4v) is 4.57. The molecule has 0 aliphatic carbocycles. The van der Waals surface area contributed by atoms with E-state index in [9.17, 15) is 9.59 Å². The molecule has 0 heterocycles. The zero-order chi connectivity index (χ0) is 15.7. The van der Waals surface area contributed by atoms with Gasteiger partial charge < -0.3 is 4.74 Å². The van der Waals surface area contributed by atoms with Crippen LogP contribution in [0.3, 0.4) is 0 Å². The van der Waals surface area contributed by atoms with Gasteiger partial charge in [0.15, 0.2) is 0 Å². The molecule has 0 aromatic heterocycles. The molecule has 110 valence electrons. The summed E-state index contributed by atoms with van der Waals surface area (Å²) in [5.41, 5.74) is -0.553. The Bertz CT molecular complexity index is 1060. The second-order valence-electron chi connectivity index (χ2n) is 4.65. The lowest BCUT2D eigenvalue weighted by molar-refractivity contribution is 0.414. The predicted octanol–water partition coefficient (Wildman–Crippen LogP) is 2.30. The Morgan fingerprint density at radius 1 is 0.909 bits per heavy atom. The van der Waals surface area contributed by atoms with Crippen LogP contribution in [0.15, 0.2) is 58.1 Å². The van der Waals surface area contributed by atoms with Crippen LogP contribution in [0.5, 0.6) is 5.75 Å². The second-order valence-corrected chi connectivity index (χ2v) is 7.51. The highest BCUT2D eigenvalue weighted by molar-refractivity contribution is 14.2. The summed E-state index contributed by atoms with van der Waals surface area (Å²) in [5, 5.41) is 8.62. The largest absolute Gasteiger partial charge is 0.497 e. The lowest BCUT2D eigenvalue weighted by Gasteiger charge is -1.99. The summed E-state index contributed by atoms with van der Waals surface area (Å²) >= 11 is -0.880. The van der Waals surface area contributed by atoms with Gasteiger partial charge in [-0.05, 0) is 24.3 Å². The number of hydrogen-bond donors (Lipinski definition) is 1. The Kier molecular flexibility index (Phi) is 3.98. The number of ether oxygens (including phenoxy) is 1. The van der Waals surface area contributed by atoms with E-state index in [0.29, 0.717) is 13.9 Å². The van der Waals surface area contributed by atoms with Crippen LogP contribution in [0, 0.1) is 12.1 Å². The van der Waals surface area contributed by atoms with Crippen LogP contribution < -0.4 is 21.0 Å². The van der Waals surface area contributed by atoms with Gasteiger partial charge in [-0.1, -0.05) is 45.0 Å². The van der Waals surface area contributed by atoms with Gasteiger partial charge in [-0.3, -0.25) is 15.0 Å². The van der Waals surface area contributed by atoms with Crippen LogP contribution in [0.25, 0.3) is 10.8 Å². The summed E-state index contributed by atoms with van der Waals surface area (Å²) in [4.78, 5) is 24.8. The monoisotopic (exact) mass is 405 g/mol. The van der Waals surface area contributed by atoms with Crippen LogP contribution in [0.2, 0.25) is 0 Å². The van der Waals surface area contributed by atoms with Gasteiger partial charge in [-0.2, -0.15) is 0 Å². The van der Waals surface area contributed by atoms with Gasteiger partial charge in [0.1, 0.15) is 11.1 Å². The lowest BCUT2D eigenvalue weighted by atomic mass is 10.1. The third kappa shape index (κ3) is 2.52. The summed E-state index contributed by atoms with van der Waals surface area (Å²) < 4.78 is 6.43. The Morgan fingerprint density at radius 3 is 2.09 bits per heavy atom. The number of hydrogen-bond acceptors (Lipinski definition) is 4. The molecule has 3 rings (SSSR count). The number of methoxy groups -OCH3 is 1.